The number of phenols is 1. The van der Waals surface area contributed by atoms with E-state index in [1.54, 1.807) is 30.3 Å². The number of aromatic hydroxyl groups is 1. The van der Waals surface area contributed by atoms with Gasteiger partial charge >= 0.3 is 0 Å². The maximum absolute atomic E-state index is 10.4. The van der Waals surface area contributed by atoms with Crippen LogP contribution >= 0.6 is 50.7 Å². The molecular weight excluding hydrogens is 495 g/mol. The molecule has 29 heavy (non-hydrogen) atoms. The fraction of sp³-hybridized carbons (Fsp3) is 0.136. The third kappa shape index (κ3) is 4.62. The van der Waals surface area contributed by atoms with Gasteiger partial charge in [0.25, 0.3) is 0 Å². The van der Waals surface area contributed by atoms with Gasteiger partial charge in [0.1, 0.15) is 11.9 Å². The second kappa shape index (κ2) is 8.66. The van der Waals surface area contributed by atoms with Gasteiger partial charge in [0.15, 0.2) is 0 Å². The van der Waals surface area contributed by atoms with Crippen molar-refractivity contribution in [2.24, 2.45) is 4.99 Å². The molecule has 4 rings (SSSR count). The first kappa shape index (κ1) is 20.7. The Morgan fingerprint density at radius 3 is 2.45 bits per heavy atom. The summed E-state index contributed by atoms with van der Waals surface area (Å²) in [5.41, 5.74) is 3.44. The Labute approximate surface area is 192 Å². The standard InChI is InChI=1S/C22H16BrCl3N2O/c23-13-3-1-2-12(8-13)19-11-20(17-9-14(24)5-7-21(17)29)28-22(27-19)16-6-4-15(25)10-18(16)26/h1-10,20,22,28-29H,11H2/t20-,22+/m1/s1. The molecule has 0 saturated heterocycles. The van der Waals surface area contributed by atoms with Crippen LogP contribution in [0.4, 0.5) is 0 Å². The third-order valence-corrected chi connectivity index (χ3v) is 6.11. The zero-order valence-electron chi connectivity index (χ0n) is 15.0. The number of hydrogen-bond acceptors (Lipinski definition) is 3. The summed E-state index contributed by atoms with van der Waals surface area (Å²) in [7, 11) is 0. The van der Waals surface area contributed by atoms with Gasteiger partial charge in [-0.1, -0.05) is 68.9 Å². The first-order valence-corrected chi connectivity index (χ1v) is 10.9. The first-order chi connectivity index (χ1) is 13.9. The van der Waals surface area contributed by atoms with E-state index in [-0.39, 0.29) is 11.8 Å². The summed E-state index contributed by atoms with van der Waals surface area (Å²) in [5.74, 6) is 0.184. The van der Waals surface area contributed by atoms with Crippen molar-refractivity contribution in [1.29, 1.82) is 0 Å². The summed E-state index contributed by atoms with van der Waals surface area (Å²) in [5, 5.41) is 15.6. The lowest BCUT2D eigenvalue weighted by Gasteiger charge is -2.31. The van der Waals surface area contributed by atoms with Crippen LogP contribution in [0.1, 0.15) is 35.3 Å². The van der Waals surface area contributed by atoms with Crippen molar-refractivity contribution in [1.82, 2.24) is 5.32 Å². The maximum atomic E-state index is 10.4. The number of aliphatic imine (C=N–C) groups is 1. The average molecular weight is 511 g/mol. The largest absolute Gasteiger partial charge is 0.508 e. The second-order valence-corrected chi connectivity index (χ2v) is 8.98. The Kier molecular flexibility index (Phi) is 6.19. The molecule has 0 aliphatic carbocycles. The number of benzene rings is 3. The van der Waals surface area contributed by atoms with Crippen LogP contribution in [0.2, 0.25) is 15.1 Å². The monoisotopic (exact) mass is 508 g/mol. The molecule has 0 unspecified atom stereocenters. The van der Waals surface area contributed by atoms with Crippen LogP contribution < -0.4 is 5.32 Å². The Morgan fingerprint density at radius 1 is 0.931 bits per heavy atom. The SMILES string of the molecule is Oc1ccc(Cl)cc1[C@H]1CC(c2cccc(Br)c2)=N[C@H](c2ccc(Cl)cc2Cl)N1. The van der Waals surface area contributed by atoms with Gasteiger partial charge in [-0.3, -0.25) is 10.3 Å². The molecule has 0 aromatic heterocycles. The molecule has 3 nitrogen and oxygen atoms in total. The van der Waals surface area contributed by atoms with Gasteiger partial charge in [0, 0.05) is 48.8 Å². The first-order valence-electron chi connectivity index (χ1n) is 8.93. The minimum atomic E-state index is -0.397. The number of nitrogens with one attached hydrogen (secondary N) is 1. The van der Waals surface area contributed by atoms with Crippen molar-refractivity contribution in [2.45, 2.75) is 18.6 Å². The maximum Gasteiger partial charge on any atom is 0.127 e. The Hall–Kier alpha value is -1.56. The van der Waals surface area contributed by atoms with E-state index in [1.165, 1.54) is 0 Å². The van der Waals surface area contributed by atoms with E-state index in [9.17, 15) is 5.11 Å². The van der Waals surface area contributed by atoms with Gasteiger partial charge < -0.3 is 5.11 Å². The third-order valence-electron chi connectivity index (χ3n) is 4.82. The zero-order valence-corrected chi connectivity index (χ0v) is 18.9. The van der Waals surface area contributed by atoms with Crippen molar-refractivity contribution in [3.8, 4) is 5.75 Å². The predicted molar refractivity (Wildman–Crippen MR) is 123 cm³/mol. The van der Waals surface area contributed by atoms with Gasteiger partial charge in [0.05, 0.1) is 0 Å². The average Bonchev–Trinajstić information content (AvgIpc) is 2.69. The number of rotatable bonds is 3. The lowest BCUT2D eigenvalue weighted by atomic mass is 9.93. The van der Waals surface area contributed by atoms with Crippen molar-refractivity contribution in [3.63, 3.8) is 0 Å². The topological polar surface area (TPSA) is 44.6 Å². The quantitative estimate of drug-likeness (QED) is 0.387. The highest BCUT2D eigenvalue weighted by molar-refractivity contribution is 9.10. The molecule has 0 bridgehead atoms. The lowest BCUT2D eigenvalue weighted by Crippen LogP contribution is -2.33. The van der Waals surface area contributed by atoms with Gasteiger partial charge in [-0.2, -0.15) is 0 Å². The number of halogens is 4. The van der Waals surface area contributed by atoms with Gasteiger partial charge in [-0.05, 0) is 48.0 Å². The van der Waals surface area contributed by atoms with Crippen molar-refractivity contribution in [2.75, 3.05) is 0 Å². The summed E-state index contributed by atoms with van der Waals surface area (Å²) >= 11 is 22.2. The smallest absolute Gasteiger partial charge is 0.127 e. The second-order valence-electron chi connectivity index (χ2n) is 6.78. The van der Waals surface area contributed by atoms with Crippen LogP contribution in [0.15, 0.2) is 70.1 Å². The summed E-state index contributed by atoms with van der Waals surface area (Å²) in [6.45, 7) is 0. The molecule has 0 radical (unpaired) electrons. The fourth-order valence-corrected chi connectivity index (χ4v) is 4.53. The van der Waals surface area contributed by atoms with Gasteiger partial charge in [-0.25, -0.2) is 0 Å². The molecular formula is C22H16BrCl3N2O. The normalized spacial score (nSPS) is 19.1. The van der Waals surface area contributed by atoms with E-state index in [2.05, 4.69) is 21.2 Å². The van der Waals surface area contributed by atoms with Crippen molar-refractivity contribution < 1.29 is 5.11 Å². The van der Waals surface area contributed by atoms with Crippen molar-refractivity contribution >= 4 is 56.4 Å². The predicted octanol–water partition coefficient (Wildman–Crippen LogP) is 7.34. The molecule has 0 spiro atoms. The van der Waals surface area contributed by atoms with E-state index in [4.69, 9.17) is 39.8 Å². The van der Waals surface area contributed by atoms with E-state index in [1.807, 2.05) is 30.3 Å². The summed E-state index contributed by atoms with van der Waals surface area (Å²) in [4.78, 5) is 4.92. The summed E-state index contributed by atoms with van der Waals surface area (Å²) in [6.07, 6.45) is 0.192. The van der Waals surface area contributed by atoms with Gasteiger partial charge in [-0.15, -0.1) is 0 Å². The molecule has 1 heterocycles. The Morgan fingerprint density at radius 2 is 1.69 bits per heavy atom. The molecule has 3 aromatic carbocycles. The molecule has 1 aliphatic rings. The Bertz CT molecular complexity index is 1100. The number of hydrogen-bond donors (Lipinski definition) is 2. The van der Waals surface area contributed by atoms with Crippen LogP contribution in [0.25, 0.3) is 0 Å². The molecule has 2 N–H and O–H groups in total. The minimum absolute atomic E-state index is 0.184. The highest BCUT2D eigenvalue weighted by Gasteiger charge is 2.29. The molecule has 1 aliphatic heterocycles. The Balaban J connectivity index is 1.81. The zero-order chi connectivity index (χ0) is 20.5. The molecule has 3 aromatic rings. The van der Waals surface area contributed by atoms with Crippen LogP contribution in [-0.4, -0.2) is 10.8 Å². The molecule has 0 amide bonds. The summed E-state index contributed by atoms with van der Waals surface area (Å²) < 4.78 is 0.972. The highest BCUT2D eigenvalue weighted by atomic mass is 79.9. The lowest BCUT2D eigenvalue weighted by molar-refractivity contribution is 0.413. The van der Waals surface area contributed by atoms with Crippen LogP contribution in [0.5, 0.6) is 5.75 Å². The molecule has 0 fully saturated rings. The van der Waals surface area contributed by atoms with E-state index >= 15 is 0 Å². The summed E-state index contributed by atoms with van der Waals surface area (Å²) in [6, 6.07) is 18.2. The van der Waals surface area contributed by atoms with Crippen LogP contribution in [0.3, 0.4) is 0 Å². The molecule has 0 saturated carbocycles. The molecule has 7 heteroatoms. The number of phenolic OH excluding ortho intramolecular Hbond substituents is 1. The van der Waals surface area contributed by atoms with Crippen molar-refractivity contribution in [3.05, 3.63) is 96.9 Å². The van der Waals surface area contributed by atoms with Gasteiger partial charge in [0.2, 0.25) is 0 Å². The molecule has 2 atom stereocenters. The van der Waals surface area contributed by atoms with E-state index < -0.39 is 6.17 Å². The van der Waals surface area contributed by atoms with Crippen LogP contribution in [0, 0.1) is 0 Å². The van der Waals surface area contributed by atoms with E-state index in [0.717, 1.165) is 26.9 Å². The molecule has 148 valence electrons. The number of nitrogens with zero attached hydrogens (tertiary/aromatic N) is 1. The highest BCUT2D eigenvalue weighted by Crippen LogP contribution is 2.37. The van der Waals surface area contributed by atoms with E-state index in [0.29, 0.717) is 21.5 Å². The fourth-order valence-electron chi connectivity index (χ4n) is 3.44. The van der Waals surface area contributed by atoms with Crippen LogP contribution in [-0.2, 0) is 0 Å². The minimum Gasteiger partial charge on any atom is -0.508 e.